The molecule has 134 valence electrons. The van der Waals surface area contributed by atoms with E-state index in [4.69, 9.17) is 4.98 Å². The molecule has 2 heteroatoms. The van der Waals surface area contributed by atoms with Crippen LogP contribution in [0.4, 0.5) is 0 Å². The summed E-state index contributed by atoms with van der Waals surface area (Å²) >= 11 is 0. The number of carbonyl (C=O) groups excluding carboxylic acids is 1. The monoisotopic (exact) mass is 329 g/mol. The molecule has 24 heavy (non-hydrogen) atoms. The lowest BCUT2D eigenvalue weighted by atomic mass is 9.78. The number of aromatic nitrogens is 1. The molecule has 1 aliphatic rings. The highest BCUT2D eigenvalue weighted by molar-refractivity contribution is 5.49. The summed E-state index contributed by atoms with van der Waals surface area (Å²) in [7, 11) is 0. The maximum absolute atomic E-state index is 10.4. The van der Waals surface area contributed by atoms with E-state index >= 15 is 0 Å². The van der Waals surface area contributed by atoms with E-state index in [2.05, 4.69) is 19.1 Å². The Kier molecular flexibility index (Phi) is 9.09. The third-order valence-corrected chi connectivity index (χ3v) is 5.62. The number of unbranched alkanes of at least 4 members (excludes halogenated alkanes) is 5. The van der Waals surface area contributed by atoms with Crippen molar-refractivity contribution in [3.8, 4) is 0 Å². The highest BCUT2D eigenvalue weighted by atomic mass is 16.1. The van der Waals surface area contributed by atoms with E-state index in [9.17, 15) is 4.79 Å². The molecule has 1 aromatic rings. The van der Waals surface area contributed by atoms with Crippen molar-refractivity contribution in [1.82, 2.24) is 4.98 Å². The average Bonchev–Trinajstić information content (AvgIpc) is 2.63. The second-order valence-corrected chi connectivity index (χ2v) is 7.57. The van der Waals surface area contributed by atoms with Gasteiger partial charge in [0.05, 0.1) is 0 Å². The number of hydrogen-bond donors (Lipinski definition) is 0. The molecule has 0 aliphatic heterocycles. The predicted octanol–water partition coefficient (Wildman–Crippen LogP) is 6.24. The molecular weight excluding hydrogens is 294 g/mol. The van der Waals surface area contributed by atoms with Crippen LogP contribution in [0.15, 0.2) is 18.3 Å². The number of pyridine rings is 1. The predicted molar refractivity (Wildman–Crippen MR) is 101 cm³/mol. The molecule has 0 radical (unpaired) electrons. The van der Waals surface area contributed by atoms with Crippen LogP contribution in [0.5, 0.6) is 0 Å². The Bertz CT molecular complexity index is 446. The van der Waals surface area contributed by atoms with Crippen molar-refractivity contribution in [1.29, 1.82) is 0 Å². The van der Waals surface area contributed by atoms with Crippen LogP contribution in [0.1, 0.15) is 101 Å². The number of aldehydes is 1. The molecule has 0 aromatic carbocycles. The van der Waals surface area contributed by atoms with Crippen LogP contribution in [0, 0.1) is 5.92 Å². The average molecular weight is 330 g/mol. The number of hydrogen-bond acceptors (Lipinski definition) is 2. The minimum Gasteiger partial charge on any atom is -0.303 e. The van der Waals surface area contributed by atoms with Crippen molar-refractivity contribution >= 4 is 6.29 Å². The van der Waals surface area contributed by atoms with Crippen molar-refractivity contribution in [2.75, 3.05) is 0 Å². The van der Waals surface area contributed by atoms with Gasteiger partial charge >= 0.3 is 0 Å². The molecule has 0 amide bonds. The summed E-state index contributed by atoms with van der Waals surface area (Å²) in [5.74, 6) is 1.64. The third kappa shape index (κ3) is 6.75. The van der Waals surface area contributed by atoms with Crippen LogP contribution in [0.2, 0.25) is 0 Å². The standard InChI is InChI=1S/C22H35NO/c1-2-3-4-5-6-9-19-11-14-21(15-12-19)22-16-13-20(18-23-22)10-7-8-17-24/h13,16-19,21H,2-12,14-15H2,1H3. The minimum atomic E-state index is 0.657. The van der Waals surface area contributed by atoms with E-state index in [1.54, 1.807) is 0 Å². The van der Waals surface area contributed by atoms with Gasteiger partial charge in [0.15, 0.2) is 0 Å². The van der Waals surface area contributed by atoms with Gasteiger partial charge in [0, 0.05) is 24.2 Å². The maximum atomic E-state index is 10.4. The smallest absolute Gasteiger partial charge is 0.120 e. The fourth-order valence-electron chi connectivity index (χ4n) is 4.00. The Morgan fingerprint density at radius 3 is 2.50 bits per heavy atom. The lowest BCUT2D eigenvalue weighted by Gasteiger charge is -2.28. The van der Waals surface area contributed by atoms with Gasteiger partial charge in [-0.2, -0.15) is 0 Å². The molecule has 0 N–H and O–H groups in total. The van der Waals surface area contributed by atoms with E-state index < -0.39 is 0 Å². The molecule has 0 spiro atoms. The first-order chi connectivity index (χ1) is 11.8. The summed E-state index contributed by atoms with van der Waals surface area (Å²) in [6.07, 6.45) is 19.5. The lowest BCUT2D eigenvalue weighted by molar-refractivity contribution is -0.107. The van der Waals surface area contributed by atoms with Crippen LogP contribution >= 0.6 is 0 Å². The van der Waals surface area contributed by atoms with Crippen molar-refractivity contribution in [2.24, 2.45) is 5.92 Å². The molecule has 1 saturated carbocycles. The Hall–Kier alpha value is -1.18. The van der Waals surface area contributed by atoms with E-state index in [1.165, 1.54) is 75.5 Å². The van der Waals surface area contributed by atoms with Gasteiger partial charge in [0.25, 0.3) is 0 Å². The number of rotatable bonds is 11. The highest BCUT2D eigenvalue weighted by Gasteiger charge is 2.22. The molecule has 1 aliphatic carbocycles. The topological polar surface area (TPSA) is 30.0 Å². The molecule has 2 rings (SSSR count). The summed E-state index contributed by atoms with van der Waals surface area (Å²) in [5, 5.41) is 0. The van der Waals surface area contributed by atoms with Gasteiger partial charge < -0.3 is 4.79 Å². The summed E-state index contributed by atoms with van der Waals surface area (Å²) < 4.78 is 0. The lowest BCUT2D eigenvalue weighted by Crippen LogP contribution is -2.14. The zero-order valence-electron chi connectivity index (χ0n) is 15.5. The van der Waals surface area contributed by atoms with Crippen LogP contribution < -0.4 is 0 Å². The molecule has 1 heterocycles. The molecule has 0 bridgehead atoms. The molecule has 0 unspecified atom stereocenters. The fraction of sp³-hybridized carbons (Fsp3) is 0.727. The van der Waals surface area contributed by atoms with E-state index in [0.29, 0.717) is 12.3 Å². The Labute approximate surface area is 148 Å². The maximum Gasteiger partial charge on any atom is 0.120 e. The number of carbonyl (C=O) groups is 1. The fourth-order valence-corrected chi connectivity index (χ4v) is 4.00. The quantitative estimate of drug-likeness (QED) is 0.355. The number of aryl methyl sites for hydroxylation is 1. The van der Waals surface area contributed by atoms with E-state index in [-0.39, 0.29) is 0 Å². The zero-order valence-corrected chi connectivity index (χ0v) is 15.5. The minimum absolute atomic E-state index is 0.657. The van der Waals surface area contributed by atoms with Crippen molar-refractivity contribution < 1.29 is 4.79 Å². The van der Waals surface area contributed by atoms with Gasteiger partial charge in [0.2, 0.25) is 0 Å². The van der Waals surface area contributed by atoms with E-state index in [1.807, 2.05) is 6.20 Å². The van der Waals surface area contributed by atoms with E-state index in [0.717, 1.165) is 25.0 Å². The van der Waals surface area contributed by atoms with Gasteiger partial charge in [-0.15, -0.1) is 0 Å². The first-order valence-electron chi connectivity index (χ1n) is 10.2. The second-order valence-electron chi connectivity index (χ2n) is 7.57. The Balaban J connectivity index is 1.67. The number of nitrogens with zero attached hydrogens (tertiary/aromatic N) is 1. The van der Waals surface area contributed by atoms with Gasteiger partial charge in [-0.3, -0.25) is 4.98 Å². The zero-order chi connectivity index (χ0) is 17.0. The first kappa shape index (κ1) is 19.1. The van der Waals surface area contributed by atoms with Crippen LogP contribution in [-0.2, 0) is 11.2 Å². The van der Waals surface area contributed by atoms with Gasteiger partial charge in [0.1, 0.15) is 6.29 Å². The molecule has 1 aromatic heterocycles. The van der Waals surface area contributed by atoms with Gasteiger partial charge in [-0.25, -0.2) is 0 Å². The van der Waals surface area contributed by atoms with Crippen LogP contribution in [-0.4, -0.2) is 11.3 Å². The van der Waals surface area contributed by atoms with Crippen molar-refractivity contribution in [3.63, 3.8) is 0 Å². The molecule has 2 nitrogen and oxygen atoms in total. The first-order valence-corrected chi connectivity index (χ1v) is 10.2. The molecular formula is C22H35NO. The Morgan fingerprint density at radius 2 is 1.83 bits per heavy atom. The second kappa shape index (κ2) is 11.4. The summed E-state index contributed by atoms with van der Waals surface area (Å²) in [6, 6.07) is 4.44. The largest absolute Gasteiger partial charge is 0.303 e. The summed E-state index contributed by atoms with van der Waals surface area (Å²) in [5.41, 5.74) is 2.55. The van der Waals surface area contributed by atoms with Crippen LogP contribution in [0.3, 0.4) is 0 Å². The summed E-state index contributed by atoms with van der Waals surface area (Å²) in [4.78, 5) is 15.1. The molecule has 0 saturated heterocycles. The molecule has 0 atom stereocenters. The highest BCUT2D eigenvalue weighted by Crippen LogP contribution is 2.37. The Morgan fingerprint density at radius 1 is 1.04 bits per heavy atom. The van der Waals surface area contributed by atoms with Gasteiger partial charge in [-0.05, 0) is 56.1 Å². The van der Waals surface area contributed by atoms with Crippen molar-refractivity contribution in [3.05, 3.63) is 29.6 Å². The van der Waals surface area contributed by atoms with Crippen molar-refractivity contribution in [2.45, 2.75) is 96.3 Å². The normalized spacial score (nSPS) is 20.9. The van der Waals surface area contributed by atoms with Crippen LogP contribution in [0.25, 0.3) is 0 Å². The third-order valence-electron chi connectivity index (χ3n) is 5.62. The SMILES string of the molecule is CCCCCCCC1CCC(c2ccc(CCCC=O)cn2)CC1. The van der Waals surface area contributed by atoms with Gasteiger partial charge in [-0.1, -0.05) is 51.5 Å². The summed E-state index contributed by atoms with van der Waals surface area (Å²) in [6.45, 7) is 2.28. The molecule has 1 fully saturated rings.